The van der Waals surface area contributed by atoms with Crippen LogP contribution >= 0.6 is 0 Å². The van der Waals surface area contributed by atoms with Crippen LogP contribution in [-0.4, -0.2) is 0 Å². The molecule has 0 unspecified atom stereocenters. The highest BCUT2D eigenvalue weighted by Gasteiger charge is 2.47. The number of hydrogen-bond donors (Lipinski definition) is 2. The van der Waals surface area contributed by atoms with Crippen LogP contribution in [0.25, 0.3) is 22.1 Å². The summed E-state index contributed by atoms with van der Waals surface area (Å²) in [6.07, 6.45) is 1.77. The molecule has 3 nitrogen and oxygen atoms in total. The highest BCUT2D eigenvalue weighted by molar-refractivity contribution is 5.94. The van der Waals surface area contributed by atoms with Gasteiger partial charge in [0.05, 0.1) is 11.7 Å². The van der Waals surface area contributed by atoms with Crippen LogP contribution in [0, 0.1) is 27.7 Å². The van der Waals surface area contributed by atoms with Crippen molar-refractivity contribution < 1.29 is 4.42 Å². The highest BCUT2D eigenvalue weighted by Crippen LogP contribution is 2.57. The van der Waals surface area contributed by atoms with E-state index in [2.05, 4.69) is 88.4 Å². The molecule has 3 heteroatoms. The fraction of sp³-hybridized carbons (Fsp3) is 0.161. The summed E-state index contributed by atoms with van der Waals surface area (Å²) in [5.74, 6) is 0. The third kappa shape index (κ3) is 2.58. The van der Waals surface area contributed by atoms with Crippen LogP contribution in [0.4, 0.5) is 11.4 Å². The SMILES string of the molecule is Cc1cc(C2(c3cc(C)c(N)c(C)c3)c3ccccc3-c3cc4ccoc4cc32)cc(C)c1N. The zero-order chi connectivity index (χ0) is 23.8. The number of benzene rings is 4. The molecule has 0 saturated heterocycles. The minimum atomic E-state index is -0.515. The molecule has 0 amide bonds. The van der Waals surface area contributed by atoms with E-state index in [0.717, 1.165) is 44.6 Å². The zero-order valence-electron chi connectivity index (χ0n) is 20.0. The van der Waals surface area contributed by atoms with Gasteiger partial charge in [-0.05, 0) is 102 Å². The van der Waals surface area contributed by atoms with E-state index >= 15 is 0 Å². The van der Waals surface area contributed by atoms with Crippen molar-refractivity contribution in [2.75, 3.05) is 11.5 Å². The molecule has 4 aromatic carbocycles. The summed E-state index contributed by atoms with van der Waals surface area (Å²) in [4.78, 5) is 0. The lowest BCUT2D eigenvalue weighted by molar-refractivity contribution is 0.614. The Kier molecular flexibility index (Phi) is 4.25. The minimum Gasteiger partial charge on any atom is -0.464 e. The van der Waals surface area contributed by atoms with Gasteiger partial charge in [0.2, 0.25) is 0 Å². The van der Waals surface area contributed by atoms with Crippen molar-refractivity contribution in [3.63, 3.8) is 0 Å². The first-order valence-electron chi connectivity index (χ1n) is 11.7. The Hall–Kier alpha value is -3.98. The number of rotatable bonds is 2. The van der Waals surface area contributed by atoms with Gasteiger partial charge < -0.3 is 15.9 Å². The molecule has 5 aromatic rings. The van der Waals surface area contributed by atoms with E-state index < -0.39 is 5.41 Å². The van der Waals surface area contributed by atoms with E-state index in [0.29, 0.717) is 0 Å². The predicted molar refractivity (Wildman–Crippen MR) is 141 cm³/mol. The Morgan fingerprint density at radius 2 is 1.18 bits per heavy atom. The maximum atomic E-state index is 6.42. The summed E-state index contributed by atoms with van der Waals surface area (Å²) in [6.45, 7) is 8.38. The van der Waals surface area contributed by atoms with E-state index in [1.807, 2.05) is 6.07 Å². The number of hydrogen-bond acceptors (Lipinski definition) is 3. The molecule has 0 aliphatic heterocycles. The van der Waals surface area contributed by atoms with Crippen LogP contribution in [0.1, 0.15) is 44.5 Å². The van der Waals surface area contributed by atoms with Crippen LogP contribution in [0.15, 0.2) is 77.4 Å². The van der Waals surface area contributed by atoms with Gasteiger partial charge in [-0.3, -0.25) is 0 Å². The average Bonchev–Trinajstić information content (AvgIpc) is 3.39. The van der Waals surface area contributed by atoms with Gasteiger partial charge in [-0.25, -0.2) is 0 Å². The Labute approximate surface area is 200 Å². The molecule has 1 aliphatic rings. The smallest absolute Gasteiger partial charge is 0.134 e. The molecule has 0 fully saturated rings. The largest absolute Gasteiger partial charge is 0.464 e. The van der Waals surface area contributed by atoms with Crippen molar-refractivity contribution in [3.8, 4) is 11.1 Å². The second-order valence-corrected chi connectivity index (χ2v) is 9.70. The van der Waals surface area contributed by atoms with Crippen molar-refractivity contribution in [3.05, 3.63) is 118 Å². The summed E-state index contributed by atoms with van der Waals surface area (Å²) in [5, 5.41) is 1.11. The van der Waals surface area contributed by atoms with E-state index in [4.69, 9.17) is 15.9 Å². The summed E-state index contributed by atoms with van der Waals surface area (Å²) >= 11 is 0. The lowest BCUT2D eigenvalue weighted by atomic mass is 9.66. The minimum absolute atomic E-state index is 0.515. The molecular weight excluding hydrogens is 416 g/mol. The summed E-state index contributed by atoms with van der Waals surface area (Å²) in [6, 6.07) is 24.3. The molecule has 1 aliphatic carbocycles. The quantitative estimate of drug-likeness (QED) is 0.278. The summed E-state index contributed by atoms with van der Waals surface area (Å²) < 4.78 is 5.90. The van der Waals surface area contributed by atoms with Crippen LogP contribution < -0.4 is 11.5 Å². The number of fused-ring (bicyclic) bond motifs is 4. The Morgan fingerprint density at radius 3 is 1.76 bits per heavy atom. The number of nitrogen functional groups attached to an aromatic ring is 2. The first kappa shape index (κ1) is 20.6. The van der Waals surface area contributed by atoms with Gasteiger partial charge >= 0.3 is 0 Å². The first-order chi connectivity index (χ1) is 16.3. The molecular formula is C31H28N2O. The lowest BCUT2D eigenvalue weighted by Gasteiger charge is -2.35. The molecule has 1 aromatic heterocycles. The normalized spacial score (nSPS) is 13.8. The molecule has 0 radical (unpaired) electrons. The molecule has 0 bridgehead atoms. The molecule has 0 atom stereocenters. The van der Waals surface area contributed by atoms with E-state index in [-0.39, 0.29) is 0 Å². The molecule has 4 N–H and O–H groups in total. The average molecular weight is 445 g/mol. The van der Waals surface area contributed by atoms with Gasteiger partial charge in [-0.2, -0.15) is 0 Å². The fourth-order valence-electron chi connectivity index (χ4n) is 5.90. The van der Waals surface area contributed by atoms with Crippen molar-refractivity contribution in [1.82, 2.24) is 0 Å². The monoisotopic (exact) mass is 444 g/mol. The third-order valence-corrected chi connectivity index (χ3v) is 7.67. The van der Waals surface area contributed by atoms with Gasteiger partial charge in [0.25, 0.3) is 0 Å². The second kappa shape index (κ2) is 7.01. The van der Waals surface area contributed by atoms with Crippen LogP contribution in [0.3, 0.4) is 0 Å². The lowest BCUT2D eigenvalue weighted by Crippen LogP contribution is -2.29. The summed E-state index contributed by atoms with van der Waals surface area (Å²) in [7, 11) is 0. The number of anilines is 2. The number of furan rings is 1. The van der Waals surface area contributed by atoms with Crippen LogP contribution in [-0.2, 0) is 5.41 Å². The Balaban J connectivity index is 1.85. The van der Waals surface area contributed by atoms with Crippen molar-refractivity contribution in [1.29, 1.82) is 0 Å². The third-order valence-electron chi connectivity index (χ3n) is 7.67. The Morgan fingerprint density at radius 1 is 0.618 bits per heavy atom. The molecule has 0 saturated carbocycles. The predicted octanol–water partition coefficient (Wildman–Crippen LogP) is 7.19. The van der Waals surface area contributed by atoms with E-state index in [9.17, 15) is 0 Å². The van der Waals surface area contributed by atoms with Gasteiger partial charge in [0.15, 0.2) is 0 Å². The maximum absolute atomic E-state index is 6.42. The Bertz CT molecular complexity index is 1520. The fourth-order valence-corrected chi connectivity index (χ4v) is 5.90. The highest BCUT2D eigenvalue weighted by atomic mass is 16.3. The van der Waals surface area contributed by atoms with Gasteiger partial charge in [0, 0.05) is 16.8 Å². The zero-order valence-corrected chi connectivity index (χ0v) is 20.0. The second-order valence-electron chi connectivity index (χ2n) is 9.70. The summed E-state index contributed by atoms with van der Waals surface area (Å²) in [5.41, 5.74) is 26.6. The molecule has 34 heavy (non-hydrogen) atoms. The molecule has 168 valence electrons. The topological polar surface area (TPSA) is 65.2 Å². The molecule has 0 spiro atoms. The number of aryl methyl sites for hydroxylation is 4. The van der Waals surface area contributed by atoms with Crippen molar-refractivity contribution >= 4 is 22.3 Å². The van der Waals surface area contributed by atoms with Crippen molar-refractivity contribution in [2.45, 2.75) is 33.1 Å². The van der Waals surface area contributed by atoms with Crippen LogP contribution in [0.5, 0.6) is 0 Å². The molecule has 1 heterocycles. The van der Waals surface area contributed by atoms with E-state index in [1.54, 1.807) is 6.26 Å². The van der Waals surface area contributed by atoms with Gasteiger partial charge in [-0.15, -0.1) is 0 Å². The maximum Gasteiger partial charge on any atom is 0.134 e. The van der Waals surface area contributed by atoms with Crippen LogP contribution in [0.2, 0.25) is 0 Å². The first-order valence-corrected chi connectivity index (χ1v) is 11.7. The van der Waals surface area contributed by atoms with Gasteiger partial charge in [-0.1, -0.05) is 48.5 Å². The van der Waals surface area contributed by atoms with Gasteiger partial charge in [0.1, 0.15) is 5.58 Å². The number of nitrogens with two attached hydrogens (primary N) is 2. The van der Waals surface area contributed by atoms with E-state index in [1.165, 1.54) is 33.4 Å². The molecule has 6 rings (SSSR count). The standard InChI is InChI=1S/C31H28N2O/c1-17-11-22(12-18(2)29(17)32)31(23-13-19(3)30(33)20(4)14-23)26-8-6-5-7-24(26)25-15-21-9-10-34-28(21)16-27(25)31/h5-16H,32-33H2,1-4H3. The van der Waals surface area contributed by atoms with Crippen molar-refractivity contribution in [2.24, 2.45) is 0 Å².